The molecule has 4 nitrogen and oxygen atoms in total. The van der Waals surface area contributed by atoms with Gasteiger partial charge in [-0.15, -0.1) is 0 Å². The fourth-order valence-corrected chi connectivity index (χ4v) is 3.07. The van der Waals surface area contributed by atoms with Crippen molar-refractivity contribution in [3.63, 3.8) is 0 Å². The molecule has 0 saturated heterocycles. The van der Waals surface area contributed by atoms with Gasteiger partial charge in [-0.3, -0.25) is 11.3 Å². The average Bonchev–Trinajstić information content (AvgIpc) is 2.80. The summed E-state index contributed by atoms with van der Waals surface area (Å²) in [6.07, 6.45) is 4.32. The number of nitrogens with two attached hydrogens (primary N) is 1. The van der Waals surface area contributed by atoms with Crippen LogP contribution in [-0.4, -0.2) is 19.3 Å². The van der Waals surface area contributed by atoms with Crippen molar-refractivity contribution in [3.05, 3.63) is 29.3 Å². The first kappa shape index (κ1) is 12.0. The molecule has 1 atom stereocenters. The van der Waals surface area contributed by atoms with Gasteiger partial charge in [-0.25, -0.2) is 0 Å². The highest BCUT2D eigenvalue weighted by Crippen LogP contribution is 2.45. The van der Waals surface area contributed by atoms with Gasteiger partial charge in [0.15, 0.2) is 0 Å². The van der Waals surface area contributed by atoms with E-state index in [-0.39, 0.29) is 11.6 Å². The first-order chi connectivity index (χ1) is 8.79. The molecule has 1 aliphatic heterocycles. The third-order valence-corrected chi connectivity index (χ3v) is 4.35. The maximum atomic E-state index is 5.76. The smallest absolute Gasteiger partial charge is 0.122 e. The molecule has 1 aromatic rings. The minimum absolute atomic E-state index is 0.0575. The summed E-state index contributed by atoms with van der Waals surface area (Å²) in [7, 11) is 1.78. The normalized spacial score (nSPS) is 21.9. The zero-order valence-corrected chi connectivity index (χ0v) is 10.7. The fourth-order valence-electron chi connectivity index (χ4n) is 3.07. The van der Waals surface area contributed by atoms with Crippen molar-refractivity contribution < 1.29 is 9.47 Å². The van der Waals surface area contributed by atoms with Gasteiger partial charge >= 0.3 is 0 Å². The number of rotatable bonds is 4. The average molecular weight is 248 g/mol. The molecule has 0 radical (unpaired) electrons. The number of fused-ring (bicyclic) bond motifs is 1. The van der Waals surface area contributed by atoms with E-state index < -0.39 is 0 Å². The van der Waals surface area contributed by atoms with Crippen molar-refractivity contribution in [2.45, 2.75) is 37.3 Å². The second kappa shape index (κ2) is 4.53. The van der Waals surface area contributed by atoms with Gasteiger partial charge < -0.3 is 9.47 Å². The Morgan fingerprint density at radius 2 is 2.28 bits per heavy atom. The van der Waals surface area contributed by atoms with E-state index in [0.29, 0.717) is 0 Å². The predicted molar refractivity (Wildman–Crippen MR) is 69.3 cm³/mol. The van der Waals surface area contributed by atoms with Crippen LogP contribution in [0.15, 0.2) is 18.2 Å². The molecular formula is C14H20N2O2. The largest absolute Gasteiger partial charge is 0.493 e. The molecule has 18 heavy (non-hydrogen) atoms. The Balaban J connectivity index is 1.92. The van der Waals surface area contributed by atoms with Crippen molar-refractivity contribution in [2.75, 3.05) is 13.7 Å². The summed E-state index contributed by atoms with van der Waals surface area (Å²) in [6.45, 7) is 0.787. The molecule has 1 heterocycles. The van der Waals surface area contributed by atoms with E-state index in [1.807, 2.05) is 6.07 Å². The van der Waals surface area contributed by atoms with Crippen LogP contribution in [0, 0.1) is 0 Å². The molecule has 1 saturated carbocycles. The molecule has 3 rings (SSSR count). The van der Waals surface area contributed by atoms with Crippen LogP contribution in [0.2, 0.25) is 0 Å². The third-order valence-electron chi connectivity index (χ3n) is 4.35. The van der Waals surface area contributed by atoms with Gasteiger partial charge in [0.05, 0.1) is 18.2 Å². The number of hydrogen-bond donors (Lipinski definition) is 2. The molecule has 0 spiro atoms. The Bertz CT molecular complexity index is 438. The highest BCUT2D eigenvalue weighted by Gasteiger charge is 2.45. The second-order valence-corrected chi connectivity index (χ2v) is 5.19. The van der Waals surface area contributed by atoms with Gasteiger partial charge in [-0.1, -0.05) is 12.1 Å². The molecule has 0 bridgehead atoms. The predicted octanol–water partition coefficient (Wildman–Crippen LogP) is 1.70. The number of methoxy groups -OCH3 is 1. The lowest BCUT2D eigenvalue weighted by atomic mass is 9.72. The number of nitrogens with one attached hydrogen (secondary N) is 1. The summed E-state index contributed by atoms with van der Waals surface area (Å²) in [6, 6.07) is 6.39. The van der Waals surface area contributed by atoms with Crippen molar-refractivity contribution in [2.24, 2.45) is 5.84 Å². The molecule has 3 N–H and O–H groups in total. The summed E-state index contributed by atoms with van der Waals surface area (Å²) in [4.78, 5) is 0. The van der Waals surface area contributed by atoms with E-state index in [4.69, 9.17) is 15.3 Å². The first-order valence-corrected chi connectivity index (χ1v) is 6.56. The monoisotopic (exact) mass is 248 g/mol. The third kappa shape index (κ3) is 1.72. The van der Waals surface area contributed by atoms with Gasteiger partial charge in [-0.2, -0.15) is 0 Å². The van der Waals surface area contributed by atoms with Crippen LogP contribution in [0.5, 0.6) is 5.75 Å². The maximum Gasteiger partial charge on any atom is 0.122 e. The quantitative estimate of drug-likeness (QED) is 0.629. The lowest BCUT2D eigenvalue weighted by Crippen LogP contribution is -2.52. The summed E-state index contributed by atoms with van der Waals surface area (Å²) in [5.41, 5.74) is 5.27. The molecule has 4 heteroatoms. The highest BCUT2D eigenvalue weighted by molar-refractivity contribution is 5.41. The zero-order valence-electron chi connectivity index (χ0n) is 10.7. The lowest BCUT2D eigenvalue weighted by Gasteiger charge is -2.46. The second-order valence-electron chi connectivity index (χ2n) is 5.19. The van der Waals surface area contributed by atoms with Crippen LogP contribution in [0.1, 0.15) is 36.4 Å². The number of hydrazine groups is 1. The van der Waals surface area contributed by atoms with Crippen LogP contribution in [-0.2, 0) is 11.2 Å². The topological polar surface area (TPSA) is 56.5 Å². The van der Waals surface area contributed by atoms with Crippen LogP contribution in [0.25, 0.3) is 0 Å². The van der Waals surface area contributed by atoms with Crippen LogP contribution in [0.3, 0.4) is 0 Å². The molecule has 1 aliphatic carbocycles. The Morgan fingerprint density at radius 3 is 2.89 bits per heavy atom. The van der Waals surface area contributed by atoms with Gasteiger partial charge in [-0.05, 0) is 36.5 Å². The van der Waals surface area contributed by atoms with Gasteiger partial charge in [0.25, 0.3) is 0 Å². The van der Waals surface area contributed by atoms with Crippen molar-refractivity contribution in [1.29, 1.82) is 0 Å². The van der Waals surface area contributed by atoms with Crippen LogP contribution < -0.4 is 16.0 Å². The molecule has 1 aromatic carbocycles. The first-order valence-electron chi connectivity index (χ1n) is 6.56. The van der Waals surface area contributed by atoms with E-state index in [0.717, 1.165) is 31.6 Å². The molecule has 1 fully saturated rings. The Kier molecular flexibility index (Phi) is 3.01. The minimum atomic E-state index is -0.136. The van der Waals surface area contributed by atoms with E-state index in [2.05, 4.69) is 17.6 Å². The minimum Gasteiger partial charge on any atom is -0.493 e. The summed E-state index contributed by atoms with van der Waals surface area (Å²) < 4.78 is 11.3. The maximum absolute atomic E-state index is 5.76. The summed E-state index contributed by atoms with van der Waals surface area (Å²) in [5, 5.41) is 0. The lowest BCUT2D eigenvalue weighted by molar-refractivity contribution is -0.0999. The molecule has 0 aromatic heterocycles. The highest BCUT2D eigenvalue weighted by atomic mass is 16.5. The van der Waals surface area contributed by atoms with Crippen molar-refractivity contribution in [3.8, 4) is 5.75 Å². The number of benzene rings is 1. The SMILES string of the molecule is COC1(C(NN)c2ccc3c(c2)CCO3)CCC1. The van der Waals surface area contributed by atoms with E-state index in [9.17, 15) is 0 Å². The van der Waals surface area contributed by atoms with Gasteiger partial charge in [0, 0.05) is 13.5 Å². The van der Waals surface area contributed by atoms with Crippen molar-refractivity contribution >= 4 is 0 Å². The Labute approximate surface area is 107 Å². The summed E-state index contributed by atoms with van der Waals surface area (Å²) >= 11 is 0. The fraction of sp³-hybridized carbons (Fsp3) is 0.571. The van der Waals surface area contributed by atoms with Gasteiger partial charge in [0.1, 0.15) is 5.75 Å². The molecule has 98 valence electrons. The van der Waals surface area contributed by atoms with Crippen LogP contribution in [0.4, 0.5) is 0 Å². The number of hydrogen-bond acceptors (Lipinski definition) is 4. The standard InChI is InChI=1S/C14H20N2O2/c1-17-14(6-2-7-14)13(16-15)11-3-4-12-10(9-11)5-8-18-12/h3-4,9,13,16H,2,5-8,15H2,1H3. The van der Waals surface area contributed by atoms with Gasteiger partial charge in [0.2, 0.25) is 0 Å². The van der Waals surface area contributed by atoms with Crippen LogP contribution >= 0.6 is 0 Å². The summed E-state index contributed by atoms with van der Waals surface area (Å²) in [5.74, 6) is 6.77. The number of ether oxygens (including phenoxy) is 2. The van der Waals surface area contributed by atoms with E-state index in [1.165, 1.54) is 17.5 Å². The molecular weight excluding hydrogens is 228 g/mol. The Hall–Kier alpha value is -1.10. The molecule has 0 amide bonds. The van der Waals surface area contributed by atoms with E-state index >= 15 is 0 Å². The van der Waals surface area contributed by atoms with Crippen molar-refractivity contribution in [1.82, 2.24) is 5.43 Å². The Morgan fingerprint density at radius 1 is 1.44 bits per heavy atom. The molecule has 1 unspecified atom stereocenters. The molecule has 2 aliphatic rings. The van der Waals surface area contributed by atoms with E-state index in [1.54, 1.807) is 7.11 Å². The zero-order chi connectivity index (χ0) is 12.6.